The quantitative estimate of drug-likeness (QED) is 0.709. The zero-order valence-corrected chi connectivity index (χ0v) is 8.60. The van der Waals surface area contributed by atoms with Crippen molar-refractivity contribution in [2.75, 3.05) is 18.5 Å². The van der Waals surface area contributed by atoms with Crippen LogP contribution < -0.4 is 4.90 Å². The summed E-state index contributed by atoms with van der Waals surface area (Å²) in [5.41, 5.74) is 0.846. The van der Waals surface area contributed by atoms with Gasteiger partial charge in [-0.1, -0.05) is 23.2 Å². The predicted molar refractivity (Wildman–Crippen MR) is 55.3 cm³/mol. The molecule has 1 rings (SSSR count). The number of nitriles is 1. The molecular formula is C9H8Cl2N2. The first kappa shape index (κ1) is 10.2. The summed E-state index contributed by atoms with van der Waals surface area (Å²) in [5.74, 6) is 0. The molecule has 13 heavy (non-hydrogen) atoms. The third kappa shape index (κ3) is 2.80. The summed E-state index contributed by atoms with van der Waals surface area (Å²) in [5, 5.41) is 9.63. The maximum Gasteiger partial charge on any atom is 0.105 e. The molecule has 0 aliphatic rings. The molecule has 1 aromatic rings. The van der Waals surface area contributed by atoms with E-state index in [9.17, 15) is 0 Å². The summed E-state index contributed by atoms with van der Waals surface area (Å²) in [6, 6.07) is 7.24. The Kier molecular flexibility index (Phi) is 3.41. The van der Waals surface area contributed by atoms with Crippen LogP contribution in [0.1, 0.15) is 0 Å². The summed E-state index contributed by atoms with van der Waals surface area (Å²) in [6.07, 6.45) is 0. The molecule has 0 spiro atoms. The maximum absolute atomic E-state index is 8.48. The predicted octanol–water partition coefficient (Wildman–Crippen LogP) is 2.95. The molecule has 0 heterocycles. The first-order valence-corrected chi connectivity index (χ1v) is 4.43. The highest BCUT2D eigenvalue weighted by atomic mass is 35.5. The van der Waals surface area contributed by atoms with E-state index in [1.165, 1.54) is 0 Å². The van der Waals surface area contributed by atoms with Gasteiger partial charge in [0, 0.05) is 22.8 Å². The van der Waals surface area contributed by atoms with E-state index in [1.54, 1.807) is 23.1 Å². The zero-order chi connectivity index (χ0) is 9.84. The normalized spacial score (nSPS) is 9.38. The summed E-state index contributed by atoms with van der Waals surface area (Å²) in [7, 11) is 1.81. The lowest BCUT2D eigenvalue weighted by Gasteiger charge is -2.15. The Morgan fingerprint density at radius 1 is 1.31 bits per heavy atom. The van der Waals surface area contributed by atoms with Crippen LogP contribution in [-0.4, -0.2) is 13.6 Å². The topological polar surface area (TPSA) is 27.0 Å². The van der Waals surface area contributed by atoms with Gasteiger partial charge in [0.1, 0.15) is 6.54 Å². The van der Waals surface area contributed by atoms with Crippen LogP contribution >= 0.6 is 23.2 Å². The molecule has 0 aliphatic carbocycles. The van der Waals surface area contributed by atoms with E-state index in [0.29, 0.717) is 16.6 Å². The molecule has 0 fully saturated rings. The molecule has 0 aliphatic heterocycles. The minimum atomic E-state index is 0.316. The first-order chi connectivity index (χ1) is 6.13. The standard InChI is InChI=1S/C9H8Cl2N2/c1-13(3-2-12)9-5-7(10)4-8(11)6-9/h4-6H,3H2,1H3. The third-order valence-corrected chi connectivity index (χ3v) is 2.03. The minimum absolute atomic E-state index is 0.316. The summed E-state index contributed by atoms with van der Waals surface area (Å²) in [4.78, 5) is 1.78. The van der Waals surface area contributed by atoms with Crippen molar-refractivity contribution in [1.82, 2.24) is 0 Å². The molecule has 0 saturated heterocycles. The Labute approximate surface area is 87.3 Å². The van der Waals surface area contributed by atoms with E-state index < -0.39 is 0 Å². The molecule has 0 atom stereocenters. The van der Waals surface area contributed by atoms with Crippen molar-refractivity contribution in [1.29, 1.82) is 5.26 Å². The molecule has 1 aromatic carbocycles. The number of hydrogen-bond acceptors (Lipinski definition) is 2. The highest BCUT2D eigenvalue weighted by Crippen LogP contribution is 2.24. The smallest absolute Gasteiger partial charge is 0.105 e. The van der Waals surface area contributed by atoms with E-state index >= 15 is 0 Å². The van der Waals surface area contributed by atoms with E-state index in [1.807, 2.05) is 13.1 Å². The molecule has 0 N–H and O–H groups in total. The molecule has 0 unspecified atom stereocenters. The molecule has 0 radical (unpaired) electrons. The number of anilines is 1. The van der Waals surface area contributed by atoms with Gasteiger partial charge in [-0.05, 0) is 18.2 Å². The number of nitrogens with zero attached hydrogens (tertiary/aromatic N) is 2. The molecule has 68 valence electrons. The van der Waals surface area contributed by atoms with Crippen LogP contribution in [0.2, 0.25) is 10.0 Å². The van der Waals surface area contributed by atoms with Crippen molar-refractivity contribution in [3.63, 3.8) is 0 Å². The van der Waals surface area contributed by atoms with Gasteiger partial charge in [0.25, 0.3) is 0 Å². The molecular weight excluding hydrogens is 207 g/mol. The zero-order valence-electron chi connectivity index (χ0n) is 7.09. The average molecular weight is 215 g/mol. The van der Waals surface area contributed by atoms with Gasteiger partial charge in [0.05, 0.1) is 6.07 Å². The van der Waals surface area contributed by atoms with Gasteiger partial charge in [0.2, 0.25) is 0 Å². The number of hydrogen-bond donors (Lipinski definition) is 0. The van der Waals surface area contributed by atoms with Crippen LogP contribution in [0.4, 0.5) is 5.69 Å². The lowest BCUT2D eigenvalue weighted by molar-refractivity contribution is 1.04. The highest BCUT2D eigenvalue weighted by molar-refractivity contribution is 6.35. The maximum atomic E-state index is 8.48. The monoisotopic (exact) mass is 214 g/mol. The molecule has 0 aromatic heterocycles. The van der Waals surface area contributed by atoms with Gasteiger partial charge in [-0.25, -0.2) is 0 Å². The fraction of sp³-hybridized carbons (Fsp3) is 0.222. The molecule has 0 bridgehead atoms. The summed E-state index contributed by atoms with van der Waals surface area (Å²) >= 11 is 11.6. The number of halogens is 2. The summed E-state index contributed by atoms with van der Waals surface area (Å²) in [6.45, 7) is 0.316. The second kappa shape index (κ2) is 4.36. The molecule has 0 saturated carbocycles. The fourth-order valence-electron chi connectivity index (χ4n) is 0.957. The third-order valence-electron chi connectivity index (χ3n) is 1.60. The number of rotatable bonds is 2. The Hall–Kier alpha value is -0.910. The van der Waals surface area contributed by atoms with E-state index in [2.05, 4.69) is 0 Å². The first-order valence-electron chi connectivity index (χ1n) is 3.67. The second-order valence-corrected chi connectivity index (χ2v) is 3.51. The van der Waals surface area contributed by atoms with Gasteiger partial charge in [-0.2, -0.15) is 5.26 Å². The van der Waals surface area contributed by atoms with Gasteiger partial charge < -0.3 is 4.90 Å². The van der Waals surface area contributed by atoms with E-state index in [4.69, 9.17) is 28.5 Å². The Morgan fingerprint density at radius 3 is 2.31 bits per heavy atom. The van der Waals surface area contributed by atoms with Crippen molar-refractivity contribution in [2.45, 2.75) is 0 Å². The van der Waals surface area contributed by atoms with Crippen LogP contribution in [0, 0.1) is 11.3 Å². The highest BCUT2D eigenvalue weighted by Gasteiger charge is 2.02. The Bertz CT molecular complexity index is 324. The van der Waals surface area contributed by atoms with Gasteiger partial charge in [-0.15, -0.1) is 0 Å². The minimum Gasteiger partial charge on any atom is -0.361 e. The van der Waals surface area contributed by atoms with Crippen LogP contribution in [0.5, 0.6) is 0 Å². The Balaban J connectivity index is 2.95. The Morgan fingerprint density at radius 2 is 1.85 bits per heavy atom. The fourth-order valence-corrected chi connectivity index (χ4v) is 1.47. The SMILES string of the molecule is CN(CC#N)c1cc(Cl)cc(Cl)c1. The number of benzene rings is 1. The molecule has 2 nitrogen and oxygen atoms in total. The van der Waals surface area contributed by atoms with E-state index in [-0.39, 0.29) is 0 Å². The van der Waals surface area contributed by atoms with Crippen LogP contribution in [0.25, 0.3) is 0 Å². The molecule has 4 heteroatoms. The van der Waals surface area contributed by atoms with Crippen molar-refractivity contribution < 1.29 is 0 Å². The van der Waals surface area contributed by atoms with Crippen LogP contribution in [-0.2, 0) is 0 Å². The van der Waals surface area contributed by atoms with Crippen molar-refractivity contribution >= 4 is 28.9 Å². The van der Waals surface area contributed by atoms with Crippen molar-refractivity contribution in [2.24, 2.45) is 0 Å². The van der Waals surface area contributed by atoms with Gasteiger partial charge >= 0.3 is 0 Å². The van der Waals surface area contributed by atoms with Crippen molar-refractivity contribution in [3.8, 4) is 6.07 Å². The van der Waals surface area contributed by atoms with Crippen LogP contribution in [0.15, 0.2) is 18.2 Å². The molecule has 0 amide bonds. The lowest BCUT2D eigenvalue weighted by atomic mass is 10.3. The van der Waals surface area contributed by atoms with Gasteiger partial charge in [-0.3, -0.25) is 0 Å². The lowest BCUT2D eigenvalue weighted by Crippen LogP contribution is -2.16. The van der Waals surface area contributed by atoms with E-state index in [0.717, 1.165) is 5.69 Å². The largest absolute Gasteiger partial charge is 0.361 e. The van der Waals surface area contributed by atoms with Crippen molar-refractivity contribution in [3.05, 3.63) is 28.2 Å². The summed E-state index contributed by atoms with van der Waals surface area (Å²) < 4.78 is 0. The van der Waals surface area contributed by atoms with Gasteiger partial charge in [0.15, 0.2) is 0 Å². The second-order valence-electron chi connectivity index (χ2n) is 2.64. The average Bonchev–Trinajstić information content (AvgIpc) is 2.03. The van der Waals surface area contributed by atoms with Crippen LogP contribution in [0.3, 0.4) is 0 Å².